The standard InChI is InChI=1S/C18H26O4/c1-3-5-6-7-9-21-12-14-10-13-11-16(19)15(8-4-2)17(20)18(13)22-14/h4,11,14,19-20H,2-3,5-10,12H2,1H3. The maximum Gasteiger partial charge on any atom is 0.165 e. The van der Waals surface area contributed by atoms with Crippen LogP contribution in [0, 0.1) is 0 Å². The Balaban J connectivity index is 1.88. The van der Waals surface area contributed by atoms with Crippen molar-refractivity contribution in [3.8, 4) is 17.2 Å². The third-order valence-corrected chi connectivity index (χ3v) is 3.94. The number of fused-ring (bicyclic) bond motifs is 1. The van der Waals surface area contributed by atoms with E-state index in [0.717, 1.165) is 18.6 Å². The average Bonchev–Trinajstić information content (AvgIpc) is 2.90. The Morgan fingerprint density at radius 1 is 1.36 bits per heavy atom. The van der Waals surface area contributed by atoms with Gasteiger partial charge in [0.2, 0.25) is 0 Å². The number of hydrogen-bond donors (Lipinski definition) is 2. The number of phenols is 2. The molecule has 4 heteroatoms. The van der Waals surface area contributed by atoms with Gasteiger partial charge < -0.3 is 19.7 Å². The lowest BCUT2D eigenvalue weighted by atomic mass is 10.0. The summed E-state index contributed by atoms with van der Waals surface area (Å²) in [6, 6.07) is 1.68. The zero-order chi connectivity index (χ0) is 15.9. The highest BCUT2D eigenvalue weighted by Gasteiger charge is 2.28. The minimum absolute atomic E-state index is 0.0281. The summed E-state index contributed by atoms with van der Waals surface area (Å²) in [6.45, 7) is 7.08. The predicted octanol–water partition coefficient (Wildman–Crippen LogP) is 3.73. The number of allylic oxidation sites excluding steroid dienone is 1. The lowest BCUT2D eigenvalue weighted by Gasteiger charge is -2.12. The van der Waals surface area contributed by atoms with Gasteiger partial charge in [0.1, 0.15) is 11.9 Å². The molecule has 1 heterocycles. The third kappa shape index (κ3) is 3.95. The zero-order valence-electron chi connectivity index (χ0n) is 13.3. The number of benzene rings is 1. The highest BCUT2D eigenvalue weighted by molar-refractivity contribution is 5.59. The van der Waals surface area contributed by atoms with Crippen LogP contribution in [0.4, 0.5) is 0 Å². The summed E-state index contributed by atoms with van der Waals surface area (Å²) >= 11 is 0. The van der Waals surface area contributed by atoms with Crippen LogP contribution < -0.4 is 4.74 Å². The van der Waals surface area contributed by atoms with E-state index in [1.807, 2.05) is 0 Å². The summed E-state index contributed by atoms with van der Waals surface area (Å²) in [7, 11) is 0. The van der Waals surface area contributed by atoms with Crippen LogP contribution in [0.15, 0.2) is 18.7 Å². The molecule has 1 aromatic rings. The molecule has 122 valence electrons. The van der Waals surface area contributed by atoms with Gasteiger partial charge in [-0.25, -0.2) is 0 Å². The molecule has 0 spiro atoms. The number of hydrogen-bond acceptors (Lipinski definition) is 4. The molecule has 0 fully saturated rings. The summed E-state index contributed by atoms with van der Waals surface area (Å²) in [5.74, 6) is 0.607. The van der Waals surface area contributed by atoms with Crippen molar-refractivity contribution in [2.45, 2.75) is 51.6 Å². The second-order valence-electron chi connectivity index (χ2n) is 5.78. The molecule has 0 aromatic heterocycles. The molecule has 0 aliphatic carbocycles. The van der Waals surface area contributed by atoms with Crippen LogP contribution in [0.1, 0.15) is 43.7 Å². The first kappa shape index (κ1) is 16.7. The van der Waals surface area contributed by atoms with Crippen molar-refractivity contribution in [1.29, 1.82) is 0 Å². The van der Waals surface area contributed by atoms with Crippen LogP contribution in [0.5, 0.6) is 17.2 Å². The fraction of sp³-hybridized carbons (Fsp3) is 0.556. The van der Waals surface area contributed by atoms with Gasteiger partial charge in [0.25, 0.3) is 0 Å². The number of rotatable bonds is 9. The summed E-state index contributed by atoms with van der Waals surface area (Å²) in [4.78, 5) is 0. The first-order valence-electron chi connectivity index (χ1n) is 8.09. The Bertz CT molecular complexity index is 510. The molecule has 1 aromatic carbocycles. The largest absolute Gasteiger partial charge is 0.508 e. The topological polar surface area (TPSA) is 58.9 Å². The molecule has 0 amide bonds. The Hall–Kier alpha value is -1.68. The maximum absolute atomic E-state index is 10.2. The van der Waals surface area contributed by atoms with Gasteiger partial charge in [0, 0.05) is 24.2 Å². The summed E-state index contributed by atoms with van der Waals surface area (Å²) < 4.78 is 11.4. The molecule has 4 nitrogen and oxygen atoms in total. The summed E-state index contributed by atoms with van der Waals surface area (Å²) in [5.41, 5.74) is 1.30. The molecule has 0 bridgehead atoms. The third-order valence-electron chi connectivity index (χ3n) is 3.94. The number of unbranched alkanes of at least 4 members (excludes halogenated alkanes) is 3. The van der Waals surface area contributed by atoms with Gasteiger partial charge in [-0.1, -0.05) is 32.3 Å². The summed E-state index contributed by atoms with van der Waals surface area (Å²) in [6.07, 6.45) is 7.35. The normalized spacial score (nSPS) is 16.3. The molecule has 0 saturated carbocycles. The van der Waals surface area contributed by atoms with Crippen LogP contribution in [-0.4, -0.2) is 29.5 Å². The van der Waals surface area contributed by atoms with Gasteiger partial charge in [0.05, 0.1) is 6.61 Å². The Labute approximate surface area is 132 Å². The molecule has 22 heavy (non-hydrogen) atoms. The van der Waals surface area contributed by atoms with Crippen molar-refractivity contribution < 1.29 is 19.7 Å². The fourth-order valence-corrected chi connectivity index (χ4v) is 2.75. The number of phenolic OH excluding ortho intramolecular Hbond substituents is 2. The SMILES string of the molecule is C=CCc1c(O)cc2c(c1O)OC(COCCCCCC)C2. The lowest BCUT2D eigenvalue weighted by Crippen LogP contribution is -2.20. The highest BCUT2D eigenvalue weighted by atomic mass is 16.5. The van der Waals surface area contributed by atoms with E-state index < -0.39 is 0 Å². The average molecular weight is 306 g/mol. The van der Waals surface area contributed by atoms with E-state index in [1.54, 1.807) is 12.1 Å². The van der Waals surface area contributed by atoms with Crippen molar-refractivity contribution in [2.24, 2.45) is 0 Å². The van der Waals surface area contributed by atoms with Crippen LogP contribution in [0.2, 0.25) is 0 Å². The maximum atomic E-state index is 10.2. The minimum atomic E-state index is -0.0922. The van der Waals surface area contributed by atoms with Crippen LogP contribution in [0.25, 0.3) is 0 Å². The molecule has 2 N–H and O–H groups in total. The van der Waals surface area contributed by atoms with E-state index in [1.165, 1.54) is 19.3 Å². The quantitative estimate of drug-likeness (QED) is 0.539. The fourth-order valence-electron chi connectivity index (χ4n) is 2.75. The van der Waals surface area contributed by atoms with Crippen molar-refractivity contribution in [3.63, 3.8) is 0 Å². The molecule has 1 aliphatic rings. The van der Waals surface area contributed by atoms with Crippen molar-refractivity contribution in [3.05, 3.63) is 29.8 Å². The van der Waals surface area contributed by atoms with Crippen LogP contribution in [-0.2, 0) is 17.6 Å². The van der Waals surface area contributed by atoms with Gasteiger partial charge in [-0.05, 0) is 18.9 Å². The van der Waals surface area contributed by atoms with E-state index in [-0.39, 0.29) is 17.6 Å². The second-order valence-corrected chi connectivity index (χ2v) is 5.78. The van der Waals surface area contributed by atoms with Gasteiger partial charge in [-0.15, -0.1) is 6.58 Å². The molecule has 0 saturated heterocycles. The van der Waals surface area contributed by atoms with Crippen molar-refractivity contribution in [1.82, 2.24) is 0 Å². The molecule has 2 rings (SSSR count). The van der Waals surface area contributed by atoms with E-state index in [0.29, 0.717) is 30.8 Å². The van der Waals surface area contributed by atoms with E-state index in [4.69, 9.17) is 9.47 Å². The number of ether oxygens (including phenoxy) is 2. The molecular formula is C18H26O4. The second kappa shape index (κ2) is 8.08. The Morgan fingerprint density at radius 3 is 2.91 bits per heavy atom. The van der Waals surface area contributed by atoms with Crippen molar-refractivity contribution >= 4 is 0 Å². The Kier molecular flexibility index (Phi) is 6.13. The first-order valence-corrected chi connectivity index (χ1v) is 8.09. The number of aromatic hydroxyl groups is 2. The molecule has 0 radical (unpaired) electrons. The van der Waals surface area contributed by atoms with E-state index in [9.17, 15) is 10.2 Å². The lowest BCUT2D eigenvalue weighted by molar-refractivity contribution is 0.0575. The molecule has 1 aliphatic heterocycles. The molecular weight excluding hydrogens is 280 g/mol. The Morgan fingerprint density at radius 2 is 2.18 bits per heavy atom. The van der Waals surface area contributed by atoms with Gasteiger partial charge in [-0.3, -0.25) is 0 Å². The highest BCUT2D eigenvalue weighted by Crippen LogP contribution is 2.44. The zero-order valence-corrected chi connectivity index (χ0v) is 13.3. The van der Waals surface area contributed by atoms with E-state index in [2.05, 4.69) is 13.5 Å². The van der Waals surface area contributed by atoms with Gasteiger partial charge >= 0.3 is 0 Å². The molecule has 1 atom stereocenters. The smallest absolute Gasteiger partial charge is 0.165 e. The van der Waals surface area contributed by atoms with E-state index >= 15 is 0 Å². The monoisotopic (exact) mass is 306 g/mol. The van der Waals surface area contributed by atoms with Crippen LogP contribution >= 0.6 is 0 Å². The first-order chi connectivity index (χ1) is 10.7. The minimum Gasteiger partial charge on any atom is -0.508 e. The molecule has 1 unspecified atom stereocenters. The van der Waals surface area contributed by atoms with Gasteiger partial charge in [0.15, 0.2) is 11.5 Å². The summed E-state index contributed by atoms with van der Waals surface area (Å²) in [5, 5.41) is 20.2. The predicted molar refractivity (Wildman–Crippen MR) is 86.8 cm³/mol. The van der Waals surface area contributed by atoms with Gasteiger partial charge in [-0.2, -0.15) is 0 Å². The van der Waals surface area contributed by atoms with Crippen molar-refractivity contribution in [2.75, 3.05) is 13.2 Å². The van der Waals surface area contributed by atoms with Crippen LogP contribution in [0.3, 0.4) is 0 Å².